The van der Waals surface area contributed by atoms with E-state index in [-0.39, 0.29) is 0 Å². The molecule has 1 aromatic rings. The fraction of sp³-hybridized carbons (Fsp3) is 0.571. The first-order chi connectivity index (χ1) is 6.74. The maximum absolute atomic E-state index is 10.6. The molecule has 14 heavy (non-hydrogen) atoms. The van der Waals surface area contributed by atoms with Crippen LogP contribution in [0.3, 0.4) is 0 Å². The summed E-state index contributed by atoms with van der Waals surface area (Å²) in [7, 11) is 1.65. The van der Waals surface area contributed by atoms with Crippen LogP contribution in [0.15, 0.2) is 9.85 Å². The lowest BCUT2D eigenvalue weighted by Gasteiger charge is -2.08. The Morgan fingerprint density at radius 2 is 2.64 bits per heavy atom. The monoisotopic (exact) mass is 233 g/mol. The molecule has 78 valence electrons. The molecule has 0 radical (unpaired) electrons. The molecule has 7 heteroatoms. The van der Waals surface area contributed by atoms with Crippen LogP contribution in [0.5, 0.6) is 0 Å². The van der Waals surface area contributed by atoms with E-state index in [0.29, 0.717) is 6.42 Å². The van der Waals surface area contributed by atoms with E-state index in [2.05, 4.69) is 15.5 Å². The van der Waals surface area contributed by atoms with E-state index in [0.717, 1.165) is 10.1 Å². The lowest BCUT2D eigenvalue weighted by Crippen LogP contribution is -2.34. The molecule has 1 atom stereocenters. The Balaban J connectivity index is 2.23. The van der Waals surface area contributed by atoms with Crippen LogP contribution in [0, 0.1) is 0 Å². The zero-order chi connectivity index (χ0) is 10.4. The van der Waals surface area contributed by atoms with Gasteiger partial charge in [0.25, 0.3) is 0 Å². The summed E-state index contributed by atoms with van der Waals surface area (Å²) in [5.41, 5.74) is 1.66. The molecule has 0 aliphatic rings. The molecule has 1 aromatic heterocycles. The van der Waals surface area contributed by atoms with Gasteiger partial charge in [0, 0.05) is 5.75 Å². The normalized spacial score (nSPS) is 12.6. The molecule has 0 saturated heterocycles. The average Bonchev–Trinajstić information content (AvgIpc) is 2.64. The van der Waals surface area contributed by atoms with E-state index in [1.54, 1.807) is 12.6 Å². The van der Waals surface area contributed by atoms with Gasteiger partial charge in [-0.1, -0.05) is 23.1 Å². The van der Waals surface area contributed by atoms with Crippen molar-refractivity contribution < 1.29 is 9.90 Å². The van der Waals surface area contributed by atoms with E-state index in [1.807, 2.05) is 0 Å². The second-order valence-electron chi connectivity index (χ2n) is 2.52. The molecule has 0 spiro atoms. The summed E-state index contributed by atoms with van der Waals surface area (Å²) in [5.74, 6) is -0.0853. The van der Waals surface area contributed by atoms with Crippen molar-refractivity contribution in [2.75, 3.05) is 12.8 Å². The number of carboxylic acids is 1. The number of carbonyl (C=O) groups is 1. The summed E-state index contributed by atoms with van der Waals surface area (Å²) in [4.78, 5) is 10.6. The van der Waals surface area contributed by atoms with E-state index in [4.69, 9.17) is 5.11 Å². The Morgan fingerprint density at radius 1 is 1.86 bits per heavy atom. The van der Waals surface area contributed by atoms with Gasteiger partial charge in [0.2, 0.25) is 0 Å². The summed E-state index contributed by atoms with van der Waals surface area (Å²) >= 11 is 2.99. The minimum atomic E-state index is -0.814. The fourth-order valence-corrected chi connectivity index (χ4v) is 2.44. The summed E-state index contributed by atoms with van der Waals surface area (Å²) in [6.07, 6.45) is 0.579. The van der Waals surface area contributed by atoms with Gasteiger partial charge in [0.15, 0.2) is 4.34 Å². The van der Waals surface area contributed by atoms with Gasteiger partial charge in [-0.05, 0) is 13.5 Å². The van der Waals surface area contributed by atoms with Crippen LogP contribution in [0.1, 0.15) is 6.42 Å². The molecule has 0 amide bonds. The molecule has 0 bridgehead atoms. The predicted molar refractivity (Wildman–Crippen MR) is 55.7 cm³/mol. The highest BCUT2D eigenvalue weighted by atomic mass is 32.2. The van der Waals surface area contributed by atoms with Crippen molar-refractivity contribution in [2.45, 2.75) is 16.8 Å². The fourth-order valence-electron chi connectivity index (χ4n) is 0.881. The number of hydrogen-bond donors (Lipinski definition) is 2. The number of hydrogen-bond acceptors (Lipinski definition) is 6. The number of likely N-dealkylation sites (N-methyl/N-ethyl adjacent to an activating group) is 1. The Morgan fingerprint density at radius 3 is 3.14 bits per heavy atom. The van der Waals surface area contributed by atoms with Crippen molar-refractivity contribution >= 4 is 29.1 Å². The number of rotatable bonds is 6. The summed E-state index contributed by atoms with van der Waals surface area (Å²) in [5, 5.41) is 19.0. The highest BCUT2D eigenvalue weighted by Gasteiger charge is 2.14. The Hall–Kier alpha value is -0.660. The molecule has 1 unspecified atom stereocenters. The van der Waals surface area contributed by atoms with Crippen LogP contribution in [0.25, 0.3) is 0 Å². The highest BCUT2D eigenvalue weighted by Crippen LogP contribution is 2.19. The molecule has 0 aliphatic carbocycles. The van der Waals surface area contributed by atoms with Gasteiger partial charge in [0.1, 0.15) is 11.6 Å². The van der Waals surface area contributed by atoms with Crippen LogP contribution in [-0.4, -0.2) is 40.1 Å². The Bertz CT molecular complexity index is 278. The van der Waals surface area contributed by atoms with E-state index in [1.165, 1.54) is 23.1 Å². The molecule has 0 aliphatic heterocycles. The molecule has 0 saturated carbocycles. The summed E-state index contributed by atoms with van der Waals surface area (Å²) in [6.45, 7) is 0. The molecular weight excluding hydrogens is 222 g/mol. The van der Waals surface area contributed by atoms with Crippen molar-refractivity contribution in [3.63, 3.8) is 0 Å². The Kier molecular flexibility index (Phi) is 4.85. The number of nitrogens with zero attached hydrogens (tertiary/aromatic N) is 2. The van der Waals surface area contributed by atoms with Gasteiger partial charge in [-0.25, -0.2) is 0 Å². The second-order valence-corrected chi connectivity index (χ2v) is 4.70. The number of nitrogens with one attached hydrogen (secondary N) is 1. The van der Waals surface area contributed by atoms with Gasteiger partial charge in [0.05, 0.1) is 0 Å². The van der Waals surface area contributed by atoms with Crippen molar-refractivity contribution in [1.82, 2.24) is 15.5 Å². The van der Waals surface area contributed by atoms with Crippen molar-refractivity contribution in [2.24, 2.45) is 0 Å². The average molecular weight is 233 g/mol. The molecule has 0 aromatic carbocycles. The molecule has 5 nitrogen and oxygen atoms in total. The lowest BCUT2D eigenvalue weighted by molar-refractivity contribution is -0.139. The summed E-state index contributed by atoms with van der Waals surface area (Å²) in [6, 6.07) is -0.476. The van der Waals surface area contributed by atoms with Crippen LogP contribution in [0.2, 0.25) is 0 Å². The highest BCUT2D eigenvalue weighted by molar-refractivity contribution is 8.00. The van der Waals surface area contributed by atoms with E-state index in [9.17, 15) is 4.79 Å². The number of thioether (sulfide) groups is 1. The van der Waals surface area contributed by atoms with Crippen LogP contribution >= 0.6 is 23.1 Å². The van der Waals surface area contributed by atoms with Crippen molar-refractivity contribution in [3.8, 4) is 0 Å². The lowest BCUT2D eigenvalue weighted by atomic mass is 10.2. The van der Waals surface area contributed by atoms with Gasteiger partial charge < -0.3 is 10.4 Å². The third-order valence-electron chi connectivity index (χ3n) is 1.62. The van der Waals surface area contributed by atoms with Gasteiger partial charge >= 0.3 is 5.97 Å². The SMILES string of the molecule is CNC(CCSc1nncs1)C(=O)O. The zero-order valence-electron chi connectivity index (χ0n) is 7.64. The first kappa shape index (κ1) is 11.4. The molecule has 2 N–H and O–H groups in total. The molecule has 0 fully saturated rings. The minimum absolute atomic E-state index is 0.476. The number of aliphatic carboxylic acids is 1. The maximum Gasteiger partial charge on any atom is 0.320 e. The third kappa shape index (κ3) is 3.60. The van der Waals surface area contributed by atoms with Gasteiger partial charge in [-0.15, -0.1) is 10.2 Å². The van der Waals surface area contributed by atoms with E-state index < -0.39 is 12.0 Å². The number of aromatic nitrogens is 2. The Labute approximate surface area is 89.9 Å². The quantitative estimate of drug-likeness (QED) is 0.704. The first-order valence-electron chi connectivity index (χ1n) is 4.03. The first-order valence-corrected chi connectivity index (χ1v) is 5.89. The number of carboxylic acid groups (broad SMARTS) is 1. The molecular formula is C7H11N3O2S2. The van der Waals surface area contributed by atoms with Crippen LogP contribution in [0.4, 0.5) is 0 Å². The van der Waals surface area contributed by atoms with Crippen LogP contribution < -0.4 is 5.32 Å². The third-order valence-corrected chi connectivity index (χ3v) is 3.51. The van der Waals surface area contributed by atoms with Crippen LogP contribution in [-0.2, 0) is 4.79 Å². The molecule has 1 heterocycles. The second kappa shape index (κ2) is 5.94. The summed E-state index contributed by atoms with van der Waals surface area (Å²) < 4.78 is 0.880. The smallest absolute Gasteiger partial charge is 0.320 e. The van der Waals surface area contributed by atoms with Gasteiger partial charge in [-0.2, -0.15) is 0 Å². The minimum Gasteiger partial charge on any atom is -0.480 e. The zero-order valence-corrected chi connectivity index (χ0v) is 9.27. The van der Waals surface area contributed by atoms with E-state index >= 15 is 0 Å². The maximum atomic E-state index is 10.6. The van der Waals surface area contributed by atoms with Gasteiger partial charge in [-0.3, -0.25) is 4.79 Å². The van der Waals surface area contributed by atoms with Crippen molar-refractivity contribution in [1.29, 1.82) is 0 Å². The van der Waals surface area contributed by atoms with Crippen molar-refractivity contribution in [3.05, 3.63) is 5.51 Å². The molecule has 1 rings (SSSR count). The largest absolute Gasteiger partial charge is 0.480 e. The standard InChI is InChI=1S/C7H11N3O2S2/c1-8-5(6(11)12)2-3-13-7-10-9-4-14-7/h4-5,8H,2-3H2,1H3,(H,11,12). The topological polar surface area (TPSA) is 75.1 Å². The predicted octanol–water partition coefficient (Wildman–Crippen LogP) is 0.693.